The van der Waals surface area contributed by atoms with Crippen molar-refractivity contribution >= 4 is 0 Å². The van der Waals surface area contributed by atoms with Gasteiger partial charge in [0.05, 0.1) is 0 Å². The predicted octanol–water partition coefficient (Wildman–Crippen LogP) is 1.68. The fourth-order valence-corrected chi connectivity index (χ4v) is 1.32. The molecular formula is C10H17N3. The first-order chi connectivity index (χ1) is 6.06. The molecule has 0 amide bonds. The van der Waals surface area contributed by atoms with E-state index in [2.05, 4.69) is 23.8 Å². The van der Waals surface area contributed by atoms with Crippen LogP contribution in [-0.4, -0.2) is 9.97 Å². The fourth-order valence-electron chi connectivity index (χ4n) is 1.32. The zero-order valence-corrected chi connectivity index (χ0v) is 8.76. The Hall–Kier alpha value is -0.960. The van der Waals surface area contributed by atoms with E-state index >= 15 is 0 Å². The van der Waals surface area contributed by atoms with Gasteiger partial charge in [-0.3, -0.25) is 0 Å². The molecule has 0 unspecified atom stereocenters. The maximum atomic E-state index is 5.60. The van der Waals surface area contributed by atoms with Crippen molar-refractivity contribution in [1.82, 2.24) is 9.97 Å². The number of aryl methyl sites for hydroxylation is 2. The Balaban J connectivity index is 3.20. The van der Waals surface area contributed by atoms with Gasteiger partial charge in [0.1, 0.15) is 5.82 Å². The van der Waals surface area contributed by atoms with Crippen LogP contribution in [0, 0.1) is 13.8 Å². The molecule has 13 heavy (non-hydrogen) atoms. The molecule has 1 rings (SSSR count). The van der Waals surface area contributed by atoms with Crippen LogP contribution in [0.15, 0.2) is 0 Å². The molecule has 0 fully saturated rings. The van der Waals surface area contributed by atoms with E-state index in [1.54, 1.807) is 0 Å². The highest BCUT2D eigenvalue weighted by molar-refractivity contribution is 5.24. The Bertz CT molecular complexity index is 282. The molecule has 0 aliphatic heterocycles. The first kappa shape index (κ1) is 10.1. The van der Waals surface area contributed by atoms with E-state index in [0.29, 0.717) is 12.5 Å². The van der Waals surface area contributed by atoms with E-state index in [9.17, 15) is 0 Å². The largest absolute Gasteiger partial charge is 0.326 e. The summed E-state index contributed by atoms with van der Waals surface area (Å²) in [6, 6.07) is 0. The zero-order chi connectivity index (χ0) is 10.0. The quantitative estimate of drug-likeness (QED) is 0.751. The molecule has 0 aliphatic rings. The van der Waals surface area contributed by atoms with Crippen LogP contribution in [0.5, 0.6) is 0 Å². The maximum Gasteiger partial charge on any atom is 0.131 e. The van der Waals surface area contributed by atoms with Gasteiger partial charge in [-0.1, -0.05) is 13.8 Å². The molecule has 0 atom stereocenters. The highest BCUT2D eigenvalue weighted by Crippen LogP contribution is 2.14. The lowest BCUT2D eigenvalue weighted by molar-refractivity contribution is 0.746. The predicted molar refractivity (Wildman–Crippen MR) is 53.5 cm³/mol. The van der Waals surface area contributed by atoms with Gasteiger partial charge in [0.2, 0.25) is 0 Å². The Morgan fingerprint density at radius 1 is 1.15 bits per heavy atom. The third-order valence-corrected chi connectivity index (χ3v) is 2.16. The van der Waals surface area contributed by atoms with Crippen molar-refractivity contribution < 1.29 is 0 Å². The Labute approximate surface area is 79.4 Å². The average Bonchev–Trinajstić information content (AvgIpc) is 2.03. The molecule has 1 heterocycles. The lowest BCUT2D eigenvalue weighted by Gasteiger charge is -2.10. The van der Waals surface area contributed by atoms with Gasteiger partial charge in [-0.05, 0) is 13.8 Å². The summed E-state index contributed by atoms with van der Waals surface area (Å²) in [5.41, 5.74) is 8.70. The van der Waals surface area contributed by atoms with Crippen molar-refractivity contribution in [3.05, 3.63) is 22.8 Å². The monoisotopic (exact) mass is 179 g/mol. The van der Waals surface area contributed by atoms with E-state index in [4.69, 9.17) is 5.73 Å². The summed E-state index contributed by atoms with van der Waals surface area (Å²) in [4.78, 5) is 8.83. The van der Waals surface area contributed by atoms with E-state index in [1.165, 1.54) is 0 Å². The molecule has 0 spiro atoms. The lowest BCUT2D eigenvalue weighted by Crippen LogP contribution is -2.09. The molecule has 3 heteroatoms. The summed E-state index contributed by atoms with van der Waals surface area (Å²) in [6.45, 7) is 8.69. The first-order valence-electron chi connectivity index (χ1n) is 4.60. The second-order valence-corrected chi connectivity index (χ2v) is 3.59. The Morgan fingerprint density at radius 3 is 1.92 bits per heavy atom. The minimum Gasteiger partial charge on any atom is -0.326 e. The smallest absolute Gasteiger partial charge is 0.131 e. The Kier molecular flexibility index (Phi) is 2.98. The number of hydrogen-bond acceptors (Lipinski definition) is 3. The summed E-state index contributed by atoms with van der Waals surface area (Å²) >= 11 is 0. The van der Waals surface area contributed by atoms with Crippen LogP contribution in [0.1, 0.15) is 42.5 Å². The minimum atomic E-state index is 0.379. The third-order valence-electron chi connectivity index (χ3n) is 2.16. The van der Waals surface area contributed by atoms with Crippen molar-refractivity contribution in [2.24, 2.45) is 5.73 Å². The van der Waals surface area contributed by atoms with Gasteiger partial charge >= 0.3 is 0 Å². The van der Waals surface area contributed by atoms with Crippen LogP contribution in [0.3, 0.4) is 0 Å². The highest BCUT2D eigenvalue weighted by Gasteiger charge is 2.08. The number of nitrogens with two attached hydrogens (primary N) is 1. The summed E-state index contributed by atoms with van der Waals surface area (Å²) in [7, 11) is 0. The number of nitrogens with zero attached hydrogens (tertiary/aromatic N) is 2. The fraction of sp³-hybridized carbons (Fsp3) is 0.600. The van der Waals surface area contributed by atoms with Gasteiger partial charge in [-0.2, -0.15) is 0 Å². The Morgan fingerprint density at radius 2 is 1.62 bits per heavy atom. The second-order valence-electron chi connectivity index (χ2n) is 3.59. The number of rotatable bonds is 2. The van der Waals surface area contributed by atoms with Crippen molar-refractivity contribution in [1.29, 1.82) is 0 Å². The molecule has 0 bridgehead atoms. The van der Waals surface area contributed by atoms with Gasteiger partial charge in [0, 0.05) is 29.4 Å². The molecule has 1 aromatic heterocycles. The molecular weight excluding hydrogens is 162 g/mol. The van der Waals surface area contributed by atoms with Crippen molar-refractivity contribution in [3.8, 4) is 0 Å². The average molecular weight is 179 g/mol. The van der Waals surface area contributed by atoms with E-state index in [1.807, 2.05) is 13.8 Å². The molecule has 0 saturated heterocycles. The van der Waals surface area contributed by atoms with Crippen LogP contribution in [0.2, 0.25) is 0 Å². The first-order valence-corrected chi connectivity index (χ1v) is 4.60. The number of hydrogen-bond donors (Lipinski definition) is 1. The van der Waals surface area contributed by atoms with Gasteiger partial charge in [-0.25, -0.2) is 9.97 Å². The van der Waals surface area contributed by atoms with Gasteiger partial charge in [0.25, 0.3) is 0 Å². The minimum absolute atomic E-state index is 0.379. The molecule has 3 nitrogen and oxygen atoms in total. The van der Waals surface area contributed by atoms with Crippen molar-refractivity contribution in [2.75, 3.05) is 0 Å². The van der Waals surface area contributed by atoms with Crippen molar-refractivity contribution in [3.63, 3.8) is 0 Å². The molecule has 1 aromatic rings. The molecule has 0 aromatic carbocycles. The second kappa shape index (κ2) is 3.83. The summed E-state index contributed by atoms with van der Waals surface area (Å²) < 4.78 is 0. The van der Waals surface area contributed by atoms with Gasteiger partial charge in [-0.15, -0.1) is 0 Å². The van der Waals surface area contributed by atoms with Gasteiger partial charge < -0.3 is 5.73 Å². The highest BCUT2D eigenvalue weighted by atomic mass is 14.9. The standard InChI is InChI=1S/C10H17N3/c1-6(2)10-12-7(3)9(5-11)8(4)13-10/h6H,5,11H2,1-4H3. The molecule has 72 valence electrons. The zero-order valence-electron chi connectivity index (χ0n) is 8.76. The van der Waals surface area contributed by atoms with Crippen LogP contribution >= 0.6 is 0 Å². The lowest BCUT2D eigenvalue weighted by atomic mass is 10.1. The summed E-state index contributed by atoms with van der Waals surface area (Å²) in [5.74, 6) is 1.29. The topological polar surface area (TPSA) is 51.8 Å². The third kappa shape index (κ3) is 2.04. The molecule has 0 saturated carbocycles. The molecule has 0 aliphatic carbocycles. The molecule has 0 radical (unpaired) electrons. The van der Waals surface area contributed by atoms with Crippen LogP contribution in [-0.2, 0) is 6.54 Å². The van der Waals surface area contributed by atoms with Crippen LogP contribution in [0.4, 0.5) is 0 Å². The normalized spacial score (nSPS) is 10.9. The van der Waals surface area contributed by atoms with Crippen molar-refractivity contribution in [2.45, 2.75) is 40.2 Å². The maximum absolute atomic E-state index is 5.60. The van der Waals surface area contributed by atoms with E-state index in [0.717, 1.165) is 22.8 Å². The van der Waals surface area contributed by atoms with Crippen LogP contribution in [0.25, 0.3) is 0 Å². The van der Waals surface area contributed by atoms with E-state index < -0.39 is 0 Å². The summed E-state index contributed by atoms with van der Waals surface area (Å²) in [5, 5.41) is 0. The SMILES string of the molecule is Cc1nc(C(C)C)nc(C)c1CN. The van der Waals surface area contributed by atoms with E-state index in [-0.39, 0.29) is 0 Å². The van der Waals surface area contributed by atoms with Crippen LogP contribution < -0.4 is 5.73 Å². The number of aromatic nitrogens is 2. The van der Waals surface area contributed by atoms with Gasteiger partial charge in [0.15, 0.2) is 0 Å². The molecule has 2 N–H and O–H groups in total. The summed E-state index contributed by atoms with van der Waals surface area (Å²) in [6.07, 6.45) is 0.